The minimum atomic E-state index is -0.965. The van der Waals surface area contributed by atoms with E-state index in [0.717, 1.165) is 12.1 Å². The van der Waals surface area contributed by atoms with Crippen molar-refractivity contribution in [1.29, 1.82) is 0 Å². The van der Waals surface area contributed by atoms with Crippen LogP contribution in [0, 0.1) is 17.5 Å². The van der Waals surface area contributed by atoms with Gasteiger partial charge in [0.05, 0.1) is 15.0 Å². The summed E-state index contributed by atoms with van der Waals surface area (Å²) >= 11 is 5.94. The summed E-state index contributed by atoms with van der Waals surface area (Å²) in [5.74, 6) is -1.79. The predicted molar refractivity (Wildman–Crippen MR) is 74.2 cm³/mol. The van der Waals surface area contributed by atoms with E-state index < -0.39 is 23.5 Å². The molecule has 1 atom stereocenters. The van der Waals surface area contributed by atoms with E-state index in [1.807, 2.05) is 0 Å². The summed E-state index contributed by atoms with van der Waals surface area (Å²) in [4.78, 5) is 0. The number of nitrogens with two attached hydrogens (primary N) is 1. The Hall–Kier alpha value is -0.850. The molecule has 0 amide bonds. The average Bonchev–Trinajstić information content (AvgIpc) is 2.36. The van der Waals surface area contributed by atoms with Gasteiger partial charge in [0.2, 0.25) is 0 Å². The van der Waals surface area contributed by atoms with Gasteiger partial charge in [-0.25, -0.2) is 13.2 Å². The van der Waals surface area contributed by atoms with Gasteiger partial charge in [-0.05, 0) is 55.6 Å². The highest BCUT2D eigenvalue weighted by Crippen LogP contribution is 2.31. The maximum atomic E-state index is 13.8. The normalized spacial score (nSPS) is 12.5. The van der Waals surface area contributed by atoms with Crippen LogP contribution >= 0.6 is 31.9 Å². The largest absolute Gasteiger partial charge is 0.320 e. The third-order valence-electron chi connectivity index (χ3n) is 2.69. The van der Waals surface area contributed by atoms with E-state index in [4.69, 9.17) is 5.73 Å². The quantitative estimate of drug-likeness (QED) is 0.735. The van der Waals surface area contributed by atoms with Gasteiger partial charge < -0.3 is 5.73 Å². The summed E-state index contributed by atoms with van der Waals surface area (Å²) < 4.78 is 40.9. The average molecular weight is 395 g/mol. The Morgan fingerprint density at radius 3 is 2.26 bits per heavy atom. The van der Waals surface area contributed by atoms with Crippen molar-refractivity contribution in [3.05, 3.63) is 67.9 Å². The van der Waals surface area contributed by atoms with Crippen LogP contribution in [0.4, 0.5) is 13.2 Å². The molecular formula is C13H8Br2F3N. The Balaban J connectivity index is 2.53. The van der Waals surface area contributed by atoms with Crippen LogP contribution in [-0.2, 0) is 0 Å². The first-order valence-corrected chi connectivity index (χ1v) is 6.84. The number of hydrogen-bond donors (Lipinski definition) is 1. The highest BCUT2D eigenvalue weighted by Gasteiger charge is 2.19. The van der Waals surface area contributed by atoms with Crippen molar-refractivity contribution in [2.24, 2.45) is 5.73 Å². The van der Waals surface area contributed by atoms with Gasteiger partial charge in [-0.2, -0.15) is 0 Å². The van der Waals surface area contributed by atoms with Gasteiger partial charge in [0.25, 0.3) is 0 Å². The molecule has 0 bridgehead atoms. The lowest BCUT2D eigenvalue weighted by Crippen LogP contribution is -2.15. The van der Waals surface area contributed by atoms with Crippen LogP contribution < -0.4 is 5.73 Å². The third-order valence-corrected chi connectivity index (χ3v) is 4.14. The number of hydrogen-bond acceptors (Lipinski definition) is 1. The lowest BCUT2D eigenvalue weighted by molar-refractivity contribution is 0.570. The molecular weight excluding hydrogens is 387 g/mol. The van der Waals surface area contributed by atoms with Gasteiger partial charge in [-0.1, -0.05) is 12.1 Å². The van der Waals surface area contributed by atoms with Gasteiger partial charge in [-0.3, -0.25) is 0 Å². The second-order valence-corrected chi connectivity index (χ2v) is 5.56. The fraction of sp³-hybridized carbons (Fsp3) is 0.0769. The van der Waals surface area contributed by atoms with Crippen molar-refractivity contribution < 1.29 is 13.2 Å². The van der Waals surface area contributed by atoms with Crippen molar-refractivity contribution in [3.63, 3.8) is 0 Å². The molecule has 2 aromatic rings. The highest BCUT2D eigenvalue weighted by atomic mass is 79.9. The zero-order valence-electron chi connectivity index (χ0n) is 9.43. The molecule has 19 heavy (non-hydrogen) atoms. The van der Waals surface area contributed by atoms with Crippen LogP contribution in [0.1, 0.15) is 17.2 Å². The van der Waals surface area contributed by atoms with Crippen molar-refractivity contribution >= 4 is 31.9 Å². The van der Waals surface area contributed by atoms with Crippen LogP contribution in [-0.4, -0.2) is 0 Å². The van der Waals surface area contributed by atoms with E-state index in [1.165, 1.54) is 12.1 Å². The zero-order chi connectivity index (χ0) is 14.2. The Morgan fingerprint density at radius 1 is 0.895 bits per heavy atom. The molecule has 0 saturated heterocycles. The molecule has 100 valence electrons. The first-order chi connectivity index (χ1) is 8.91. The molecule has 0 fully saturated rings. The number of benzene rings is 2. The predicted octanol–water partition coefficient (Wildman–Crippen LogP) is 4.68. The van der Waals surface area contributed by atoms with Crippen LogP contribution in [0.5, 0.6) is 0 Å². The number of rotatable bonds is 2. The van der Waals surface area contributed by atoms with Crippen molar-refractivity contribution in [3.8, 4) is 0 Å². The van der Waals surface area contributed by atoms with Gasteiger partial charge >= 0.3 is 0 Å². The number of halogens is 5. The molecule has 2 rings (SSSR count). The molecule has 2 aromatic carbocycles. The zero-order valence-corrected chi connectivity index (χ0v) is 12.6. The summed E-state index contributed by atoms with van der Waals surface area (Å²) in [5, 5.41) is 0. The van der Waals surface area contributed by atoms with E-state index in [2.05, 4.69) is 31.9 Å². The lowest BCUT2D eigenvalue weighted by atomic mass is 9.99. The van der Waals surface area contributed by atoms with Crippen LogP contribution in [0.2, 0.25) is 0 Å². The molecule has 0 aliphatic carbocycles. The minimum absolute atomic E-state index is 0.0132. The minimum Gasteiger partial charge on any atom is -0.320 e. The van der Waals surface area contributed by atoms with Crippen molar-refractivity contribution in [2.75, 3.05) is 0 Å². The Labute approximate surface area is 124 Å². The molecule has 2 N–H and O–H groups in total. The fourth-order valence-corrected chi connectivity index (χ4v) is 2.53. The summed E-state index contributed by atoms with van der Waals surface area (Å²) in [6.07, 6.45) is 0. The molecule has 0 aliphatic rings. The molecule has 0 heterocycles. The molecule has 6 heteroatoms. The fourth-order valence-electron chi connectivity index (χ4n) is 1.70. The van der Waals surface area contributed by atoms with Crippen LogP contribution in [0.15, 0.2) is 39.3 Å². The van der Waals surface area contributed by atoms with E-state index in [1.54, 1.807) is 6.07 Å². The van der Waals surface area contributed by atoms with Crippen molar-refractivity contribution in [1.82, 2.24) is 0 Å². The molecule has 0 radical (unpaired) electrons. The SMILES string of the molecule is NC(c1cc(F)c(Br)cc1F)c1cccc(F)c1Br. The monoisotopic (exact) mass is 393 g/mol. The van der Waals surface area contributed by atoms with Crippen LogP contribution in [0.25, 0.3) is 0 Å². The highest BCUT2D eigenvalue weighted by molar-refractivity contribution is 9.10. The topological polar surface area (TPSA) is 26.0 Å². The van der Waals surface area contributed by atoms with Gasteiger partial charge in [-0.15, -0.1) is 0 Å². The van der Waals surface area contributed by atoms with E-state index in [0.29, 0.717) is 5.56 Å². The van der Waals surface area contributed by atoms with E-state index in [9.17, 15) is 13.2 Å². The molecule has 0 aromatic heterocycles. The Bertz CT molecular complexity index is 632. The van der Waals surface area contributed by atoms with Crippen LogP contribution in [0.3, 0.4) is 0 Å². The Morgan fingerprint density at radius 2 is 1.58 bits per heavy atom. The summed E-state index contributed by atoms with van der Waals surface area (Å²) in [7, 11) is 0. The van der Waals surface area contributed by atoms with Crippen molar-refractivity contribution in [2.45, 2.75) is 6.04 Å². The molecule has 0 aliphatic heterocycles. The lowest BCUT2D eigenvalue weighted by Gasteiger charge is -2.16. The Kier molecular flexibility index (Phi) is 4.32. The third kappa shape index (κ3) is 2.85. The van der Waals surface area contributed by atoms with Gasteiger partial charge in [0.15, 0.2) is 0 Å². The second kappa shape index (κ2) is 5.64. The molecule has 1 unspecified atom stereocenters. The first-order valence-electron chi connectivity index (χ1n) is 5.25. The maximum absolute atomic E-state index is 13.8. The van der Waals surface area contributed by atoms with E-state index in [-0.39, 0.29) is 14.5 Å². The molecule has 0 spiro atoms. The smallest absolute Gasteiger partial charge is 0.137 e. The second-order valence-electron chi connectivity index (χ2n) is 3.91. The summed E-state index contributed by atoms with van der Waals surface area (Å²) in [6.45, 7) is 0. The maximum Gasteiger partial charge on any atom is 0.137 e. The van der Waals surface area contributed by atoms with Gasteiger partial charge in [0.1, 0.15) is 17.5 Å². The standard InChI is InChI=1S/C13H8Br2F3N/c14-8-5-10(17)7(4-11(8)18)13(19)6-2-1-3-9(16)12(6)15/h1-5,13H,19H2. The molecule has 1 nitrogen and oxygen atoms in total. The summed E-state index contributed by atoms with van der Waals surface area (Å²) in [5.41, 5.74) is 6.20. The van der Waals surface area contributed by atoms with Gasteiger partial charge in [0, 0.05) is 5.56 Å². The summed E-state index contributed by atoms with van der Waals surface area (Å²) in [6, 6.07) is 5.30. The van der Waals surface area contributed by atoms with E-state index >= 15 is 0 Å². The first kappa shape index (κ1) is 14.6. The molecule has 0 saturated carbocycles.